The van der Waals surface area contributed by atoms with Gasteiger partial charge in [0.05, 0.1) is 0 Å². The van der Waals surface area contributed by atoms with Gasteiger partial charge in [0.2, 0.25) is 0 Å². The van der Waals surface area contributed by atoms with Crippen LogP contribution in [0, 0.1) is 0 Å². The Bertz CT molecular complexity index is 201. The van der Waals surface area contributed by atoms with E-state index < -0.39 is 0 Å². The Kier molecular flexibility index (Phi) is 4.40. The highest BCUT2D eigenvalue weighted by atomic mass is 15.2. The minimum absolute atomic E-state index is 0.0177. The van der Waals surface area contributed by atoms with Crippen LogP contribution >= 0.6 is 0 Å². The first-order valence-corrected chi connectivity index (χ1v) is 4.23. The molecule has 0 aromatic carbocycles. The molecule has 0 unspecified atom stereocenters. The van der Waals surface area contributed by atoms with Gasteiger partial charge in [0, 0.05) is 6.04 Å². The minimum Gasteiger partial charge on any atom is -0.370 e. The second-order valence-corrected chi connectivity index (χ2v) is 3.66. The Morgan fingerprint density at radius 3 is 2.31 bits per heavy atom. The van der Waals surface area contributed by atoms with E-state index in [1.807, 2.05) is 13.8 Å². The highest BCUT2D eigenvalue weighted by Gasteiger charge is 2.14. The number of hydrogen-bond acceptors (Lipinski definition) is 2. The maximum absolute atomic E-state index is 5.14. The molecule has 0 aromatic heterocycles. The molecule has 13 heavy (non-hydrogen) atoms. The molecule has 0 fully saturated rings. The summed E-state index contributed by atoms with van der Waals surface area (Å²) in [6, 6.07) is 0.367. The summed E-state index contributed by atoms with van der Waals surface area (Å²) in [6.45, 7) is 8.01. The summed E-state index contributed by atoms with van der Waals surface area (Å²) in [5, 5.41) is 3.24. The van der Waals surface area contributed by atoms with Gasteiger partial charge in [0.15, 0.2) is 5.96 Å². The monoisotopic (exact) mass is 185 g/mol. The Morgan fingerprint density at radius 1 is 1.38 bits per heavy atom. The van der Waals surface area contributed by atoms with E-state index in [-0.39, 0.29) is 11.6 Å². The van der Waals surface area contributed by atoms with Gasteiger partial charge in [-0.15, -0.1) is 0 Å². The molecule has 0 radical (unpaired) electrons. The Balaban J connectivity index is 4.16. The molecule has 0 heterocycles. The highest BCUT2D eigenvalue weighted by molar-refractivity contribution is 5.84. The van der Waals surface area contributed by atoms with Crippen molar-refractivity contribution >= 4 is 12.3 Å². The van der Waals surface area contributed by atoms with E-state index >= 15 is 0 Å². The van der Waals surface area contributed by atoms with Gasteiger partial charge < -0.3 is 11.5 Å². The number of aliphatic imine (C=N–C) groups is 2. The van der Waals surface area contributed by atoms with Crippen molar-refractivity contribution in [3.05, 3.63) is 0 Å². The second-order valence-electron chi connectivity index (χ2n) is 3.66. The Labute approximate surface area is 79.3 Å². The number of guanidine groups is 1. The third-order valence-corrected chi connectivity index (χ3v) is 1.23. The van der Waals surface area contributed by atoms with Crippen LogP contribution in [0.15, 0.2) is 9.98 Å². The van der Waals surface area contributed by atoms with Crippen molar-refractivity contribution in [3.63, 3.8) is 0 Å². The van der Waals surface area contributed by atoms with Gasteiger partial charge in [-0.25, -0.2) is 4.99 Å². The first-order chi connectivity index (χ1) is 5.83. The van der Waals surface area contributed by atoms with Crippen LogP contribution in [0.4, 0.5) is 0 Å². The molecular formula is C8H19N5. The summed E-state index contributed by atoms with van der Waals surface area (Å²) in [5.41, 5.74) is 9.94. The van der Waals surface area contributed by atoms with Crippen molar-refractivity contribution in [1.82, 2.24) is 5.32 Å². The van der Waals surface area contributed by atoms with Crippen molar-refractivity contribution in [3.8, 4) is 0 Å². The van der Waals surface area contributed by atoms with Gasteiger partial charge in [-0.2, -0.15) is 0 Å². The summed E-state index contributed by atoms with van der Waals surface area (Å²) in [5.74, 6) is 0.0177. The molecule has 0 amide bonds. The summed E-state index contributed by atoms with van der Waals surface area (Å²) < 4.78 is 0. The average Bonchev–Trinajstić information content (AvgIpc) is 1.81. The van der Waals surface area contributed by atoms with Crippen molar-refractivity contribution in [1.29, 1.82) is 0 Å². The van der Waals surface area contributed by atoms with Crippen LogP contribution in [-0.2, 0) is 0 Å². The zero-order valence-corrected chi connectivity index (χ0v) is 8.70. The quantitative estimate of drug-likeness (QED) is 0.426. The fraction of sp³-hybridized carbons (Fsp3) is 0.750. The smallest absolute Gasteiger partial charge is 0.192 e. The summed E-state index contributed by atoms with van der Waals surface area (Å²) in [4.78, 5) is 7.81. The van der Waals surface area contributed by atoms with E-state index in [0.29, 0.717) is 6.04 Å². The predicted molar refractivity (Wildman–Crippen MR) is 56.7 cm³/mol. The molecule has 0 aliphatic rings. The van der Waals surface area contributed by atoms with Crippen molar-refractivity contribution in [2.75, 3.05) is 0 Å². The van der Waals surface area contributed by atoms with Crippen LogP contribution in [-0.4, -0.2) is 24.0 Å². The van der Waals surface area contributed by atoms with E-state index in [1.165, 1.54) is 6.34 Å². The molecule has 0 saturated carbocycles. The maximum atomic E-state index is 5.14. The van der Waals surface area contributed by atoms with Gasteiger partial charge in [-0.3, -0.25) is 10.3 Å². The topological polar surface area (TPSA) is 88.8 Å². The Hall–Kier alpha value is -1.10. The molecule has 0 aliphatic heterocycles. The summed E-state index contributed by atoms with van der Waals surface area (Å²) in [7, 11) is 0. The molecule has 0 aromatic rings. The van der Waals surface area contributed by atoms with Crippen molar-refractivity contribution in [2.45, 2.75) is 39.4 Å². The standard InChI is InChI=1S/C8H19N5/c1-6(2)13-8(3,4)12-5-11-7(9)10/h5-6,13H,1-4H3,(H4,9,10,11,12). The van der Waals surface area contributed by atoms with Crippen LogP contribution < -0.4 is 16.8 Å². The normalized spacial score (nSPS) is 12.4. The average molecular weight is 185 g/mol. The highest BCUT2D eigenvalue weighted by Crippen LogP contribution is 2.04. The largest absolute Gasteiger partial charge is 0.370 e. The van der Waals surface area contributed by atoms with Crippen LogP contribution in [0.5, 0.6) is 0 Å². The minimum atomic E-state index is -0.340. The van der Waals surface area contributed by atoms with E-state index in [1.54, 1.807) is 0 Å². The van der Waals surface area contributed by atoms with Crippen LogP contribution in [0.1, 0.15) is 27.7 Å². The first-order valence-electron chi connectivity index (χ1n) is 4.23. The van der Waals surface area contributed by atoms with E-state index in [9.17, 15) is 0 Å². The van der Waals surface area contributed by atoms with Gasteiger partial charge in [-0.1, -0.05) is 0 Å². The van der Waals surface area contributed by atoms with Gasteiger partial charge in [-0.05, 0) is 27.7 Å². The molecule has 0 bridgehead atoms. The van der Waals surface area contributed by atoms with Gasteiger partial charge in [0.25, 0.3) is 0 Å². The van der Waals surface area contributed by atoms with Gasteiger partial charge >= 0.3 is 0 Å². The van der Waals surface area contributed by atoms with E-state index in [4.69, 9.17) is 11.5 Å². The SMILES string of the molecule is CC(C)NC(C)(C)/N=C/N=C(N)N. The first kappa shape index (κ1) is 11.9. The van der Waals surface area contributed by atoms with E-state index in [0.717, 1.165) is 0 Å². The van der Waals surface area contributed by atoms with Crippen LogP contribution in [0.3, 0.4) is 0 Å². The summed E-state index contributed by atoms with van der Waals surface area (Å²) >= 11 is 0. The second kappa shape index (κ2) is 4.81. The fourth-order valence-corrected chi connectivity index (χ4v) is 0.984. The third kappa shape index (κ3) is 7.27. The number of hydrogen-bond donors (Lipinski definition) is 3. The summed E-state index contributed by atoms with van der Waals surface area (Å²) in [6.07, 6.45) is 1.37. The lowest BCUT2D eigenvalue weighted by Crippen LogP contribution is -2.41. The third-order valence-electron chi connectivity index (χ3n) is 1.23. The zero-order chi connectivity index (χ0) is 10.5. The number of nitrogens with two attached hydrogens (primary N) is 2. The lowest BCUT2D eigenvalue weighted by Gasteiger charge is -2.23. The van der Waals surface area contributed by atoms with Crippen LogP contribution in [0.2, 0.25) is 0 Å². The molecular weight excluding hydrogens is 166 g/mol. The Morgan fingerprint density at radius 2 is 1.92 bits per heavy atom. The number of rotatable bonds is 4. The fourth-order valence-electron chi connectivity index (χ4n) is 0.984. The molecule has 0 aliphatic carbocycles. The molecule has 5 N–H and O–H groups in total. The lowest BCUT2D eigenvalue weighted by atomic mass is 10.2. The van der Waals surface area contributed by atoms with Crippen LogP contribution in [0.25, 0.3) is 0 Å². The predicted octanol–water partition coefficient (Wildman–Crippen LogP) is 0.0222. The molecule has 0 rings (SSSR count). The molecule has 5 heteroatoms. The number of nitrogens with one attached hydrogen (secondary N) is 1. The molecule has 5 nitrogen and oxygen atoms in total. The molecule has 0 spiro atoms. The number of nitrogens with zero attached hydrogens (tertiary/aromatic N) is 2. The molecule has 0 atom stereocenters. The van der Waals surface area contributed by atoms with Crippen molar-refractivity contribution < 1.29 is 0 Å². The lowest BCUT2D eigenvalue weighted by molar-refractivity contribution is 0.371. The van der Waals surface area contributed by atoms with E-state index in [2.05, 4.69) is 29.1 Å². The molecule has 0 saturated heterocycles. The van der Waals surface area contributed by atoms with Gasteiger partial charge in [0.1, 0.15) is 12.0 Å². The maximum Gasteiger partial charge on any atom is 0.192 e. The zero-order valence-electron chi connectivity index (χ0n) is 8.70. The molecule has 76 valence electrons. The van der Waals surface area contributed by atoms with Crippen molar-refractivity contribution in [2.24, 2.45) is 21.5 Å².